The smallest absolute Gasteiger partial charge is 0.205 e. The number of thiophene rings is 1. The summed E-state index contributed by atoms with van der Waals surface area (Å²) in [6, 6.07) is 10.8. The fraction of sp³-hybridized carbons (Fsp3) is 0.217. The Labute approximate surface area is 177 Å². The number of benzene rings is 1. The Morgan fingerprint density at radius 1 is 1.14 bits per heavy atom. The summed E-state index contributed by atoms with van der Waals surface area (Å²) in [6.45, 7) is 1.93. The summed E-state index contributed by atoms with van der Waals surface area (Å²) in [4.78, 5) is 19.4. The highest BCUT2D eigenvalue weighted by molar-refractivity contribution is 7.21. The molecule has 0 spiro atoms. The van der Waals surface area contributed by atoms with Gasteiger partial charge in [-0.1, -0.05) is 11.6 Å². The second-order valence-electron chi connectivity index (χ2n) is 7.39. The largest absolute Gasteiger partial charge is 0.461 e. The van der Waals surface area contributed by atoms with Crippen LogP contribution in [0.4, 0.5) is 5.69 Å². The Bertz CT molecular complexity index is 1250. The van der Waals surface area contributed by atoms with Gasteiger partial charge >= 0.3 is 0 Å². The molecule has 5 rings (SSSR count). The molecule has 1 aliphatic carbocycles. The number of hydrogen-bond acceptors (Lipinski definition) is 5. The van der Waals surface area contributed by atoms with E-state index in [1.54, 1.807) is 24.3 Å². The predicted octanol–water partition coefficient (Wildman–Crippen LogP) is 6.21. The molecule has 0 atom stereocenters. The highest BCUT2D eigenvalue weighted by Gasteiger charge is 2.27. The lowest BCUT2D eigenvalue weighted by Crippen LogP contribution is -2.08. The van der Waals surface area contributed by atoms with Crippen LogP contribution in [-0.4, -0.2) is 10.8 Å². The van der Waals surface area contributed by atoms with E-state index < -0.39 is 0 Å². The van der Waals surface area contributed by atoms with Crippen molar-refractivity contribution in [2.75, 3.05) is 5.73 Å². The molecule has 0 aliphatic heterocycles. The van der Waals surface area contributed by atoms with Crippen LogP contribution in [-0.2, 0) is 12.8 Å². The Hall–Kier alpha value is -2.63. The number of rotatable bonds is 3. The Balaban J connectivity index is 1.76. The first-order valence-electron chi connectivity index (χ1n) is 9.63. The third kappa shape index (κ3) is 3.05. The van der Waals surface area contributed by atoms with E-state index in [0.717, 1.165) is 58.7 Å². The van der Waals surface area contributed by atoms with Crippen molar-refractivity contribution >= 4 is 44.6 Å². The van der Waals surface area contributed by atoms with E-state index in [-0.39, 0.29) is 5.78 Å². The van der Waals surface area contributed by atoms with Gasteiger partial charge in [0.15, 0.2) is 0 Å². The maximum Gasteiger partial charge on any atom is 0.205 e. The Morgan fingerprint density at radius 3 is 2.62 bits per heavy atom. The van der Waals surface area contributed by atoms with E-state index in [1.165, 1.54) is 16.9 Å². The zero-order valence-electron chi connectivity index (χ0n) is 15.9. The Kier molecular flexibility index (Phi) is 4.45. The van der Waals surface area contributed by atoms with E-state index >= 15 is 0 Å². The summed E-state index contributed by atoms with van der Waals surface area (Å²) >= 11 is 7.33. The molecule has 2 N–H and O–H groups in total. The van der Waals surface area contributed by atoms with E-state index in [0.29, 0.717) is 21.2 Å². The quantitative estimate of drug-likeness (QED) is 0.398. The first kappa shape index (κ1) is 18.4. The standard InChI is InChI=1S/C23H19ClN2O2S/c1-12-6-11-17(28-12)18-15-4-2-3-5-16(15)26-23-19(18)20(25)22(29-23)21(27)13-7-9-14(24)10-8-13/h6-11H,2-5,25H2,1H3. The van der Waals surface area contributed by atoms with Crippen molar-refractivity contribution in [3.63, 3.8) is 0 Å². The highest BCUT2D eigenvalue weighted by Crippen LogP contribution is 2.44. The third-order valence-corrected chi connectivity index (χ3v) is 6.80. The number of hydrogen-bond donors (Lipinski definition) is 1. The van der Waals surface area contributed by atoms with Crippen molar-refractivity contribution in [1.82, 2.24) is 4.98 Å². The van der Waals surface area contributed by atoms with Crippen LogP contribution >= 0.6 is 22.9 Å². The van der Waals surface area contributed by atoms with Crippen LogP contribution in [0.2, 0.25) is 5.02 Å². The lowest BCUT2D eigenvalue weighted by atomic mass is 9.89. The van der Waals surface area contributed by atoms with Crippen LogP contribution in [0.5, 0.6) is 0 Å². The number of pyridine rings is 1. The zero-order valence-corrected chi connectivity index (χ0v) is 17.5. The van der Waals surface area contributed by atoms with Crippen molar-refractivity contribution in [2.24, 2.45) is 0 Å². The highest BCUT2D eigenvalue weighted by atomic mass is 35.5. The van der Waals surface area contributed by atoms with Crippen molar-refractivity contribution < 1.29 is 9.21 Å². The first-order chi connectivity index (χ1) is 14.0. The molecule has 0 unspecified atom stereocenters. The van der Waals surface area contributed by atoms with Gasteiger partial charge in [-0.15, -0.1) is 11.3 Å². The SMILES string of the molecule is Cc1ccc(-c2c3c(nc4sc(C(=O)c5ccc(Cl)cc5)c(N)c24)CCCC3)o1. The van der Waals surface area contributed by atoms with E-state index in [4.69, 9.17) is 26.7 Å². The number of fused-ring (bicyclic) bond motifs is 2. The molecule has 0 saturated carbocycles. The summed E-state index contributed by atoms with van der Waals surface area (Å²) in [5.74, 6) is 1.53. The van der Waals surface area contributed by atoms with Crippen LogP contribution in [0.25, 0.3) is 21.5 Å². The number of furan rings is 1. The number of nitrogen functional groups attached to an aromatic ring is 1. The second-order valence-corrected chi connectivity index (χ2v) is 8.83. The van der Waals surface area contributed by atoms with Crippen molar-refractivity contribution in [3.8, 4) is 11.3 Å². The molecule has 0 fully saturated rings. The number of aromatic nitrogens is 1. The molecule has 1 aliphatic rings. The van der Waals surface area contributed by atoms with Gasteiger partial charge in [-0.05, 0) is 74.6 Å². The summed E-state index contributed by atoms with van der Waals surface area (Å²) in [6.07, 6.45) is 4.13. The van der Waals surface area contributed by atoms with Gasteiger partial charge in [-0.3, -0.25) is 4.79 Å². The van der Waals surface area contributed by atoms with Gasteiger partial charge in [-0.25, -0.2) is 4.98 Å². The molecule has 3 heterocycles. The third-order valence-electron chi connectivity index (χ3n) is 5.45. The van der Waals surface area contributed by atoms with Crippen molar-refractivity contribution in [1.29, 1.82) is 0 Å². The number of ketones is 1. The molecule has 1 aromatic carbocycles. The summed E-state index contributed by atoms with van der Waals surface area (Å²) in [7, 11) is 0. The molecular formula is C23H19ClN2O2S. The minimum absolute atomic E-state index is 0.110. The van der Waals surface area contributed by atoms with Crippen molar-refractivity contribution in [3.05, 3.63) is 68.9 Å². The van der Waals surface area contributed by atoms with Gasteiger partial charge in [0.1, 0.15) is 21.2 Å². The molecule has 4 aromatic rings. The molecule has 4 nitrogen and oxygen atoms in total. The van der Waals surface area contributed by atoms with Crippen LogP contribution in [0.3, 0.4) is 0 Å². The normalized spacial score (nSPS) is 13.6. The number of anilines is 1. The van der Waals surface area contributed by atoms with Crippen LogP contribution in [0, 0.1) is 6.92 Å². The van der Waals surface area contributed by atoms with Gasteiger partial charge in [-0.2, -0.15) is 0 Å². The van der Waals surface area contributed by atoms with Crippen molar-refractivity contribution in [2.45, 2.75) is 32.6 Å². The maximum absolute atomic E-state index is 13.2. The monoisotopic (exact) mass is 422 g/mol. The van der Waals surface area contributed by atoms with Gasteiger partial charge < -0.3 is 10.2 Å². The number of carbonyl (C=O) groups is 1. The molecule has 0 bridgehead atoms. The van der Waals surface area contributed by atoms with Crippen LogP contribution in [0.15, 0.2) is 40.8 Å². The van der Waals surface area contributed by atoms with Gasteiger partial charge in [0.2, 0.25) is 5.78 Å². The van der Waals surface area contributed by atoms with Gasteiger partial charge in [0, 0.05) is 27.2 Å². The summed E-state index contributed by atoms with van der Waals surface area (Å²) < 4.78 is 5.99. The second kappa shape index (κ2) is 7.01. The lowest BCUT2D eigenvalue weighted by molar-refractivity contribution is 0.104. The summed E-state index contributed by atoms with van der Waals surface area (Å²) in [5, 5.41) is 1.43. The minimum atomic E-state index is -0.110. The van der Waals surface area contributed by atoms with Crippen LogP contribution in [0.1, 0.15) is 45.1 Å². The summed E-state index contributed by atoms with van der Waals surface area (Å²) in [5.41, 5.74) is 10.9. The molecule has 0 radical (unpaired) electrons. The molecule has 29 heavy (non-hydrogen) atoms. The van der Waals surface area contributed by atoms with Gasteiger partial charge in [0.05, 0.1) is 5.69 Å². The topological polar surface area (TPSA) is 69.1 Å². The van der Waals surface area contributed by atoms with E-state index in [1.807, 2.05) is 19.1 Å². The number of halogens is 1. The molecular weight excluding hydrogens is 404 g/mol. The molecule has 3 aromatic heterocycles. The average Bonchev–Trinajstić information content (AvgIpc) is 3.29. The number of aryl methyl sites for hydroxylation is 2. The van der Waals surface area contributed by atoms with E-state index in [2.05, 4.69) is 0 Å². The molecule has 0 saturated heterocycles. The first-order valence-corrected chi connectivity index (χ1v) is 10.8. The predicted molar refractivity (Wildman–Crippen MR) is 118 cm³/mol. The average molecular weight is 423 g/mol. The lowest BCUT2D eigenvalue weighted by Gasteiger charge is -2.18. The molecule has 146 valence electrons. The number of carbonyl (C=O) groups excluding carboxylic acids is 1. The maximum atomic E-state index is 13.2. The number of nitrogens with zero attached hydrogens (tertiary/aromatic N) is 1. The zero-order chi connectivity index (χ0) is 20.1. The molecule has 0 amide bonds. The fourth-order valence-electron chi connectivity index (χ4n) is 4.05. The van der Waals surface area contributed by atoms with Crippen LogP contribution < -0.4 is 5.73 Å². The van der Waals surface area contributed by atoms with Gasteiger partial charge in [0.25, 0.3) is 0 Å². The molecule has 6 heteroatoms. The Morgan fingerprint density at radius 2 is 1.90 bits per heavy atom. The number of nitrogens with two attached hydrogens (primary N) is 1. The van der Waals surface area contributed by atoms with E-state index in [9.17, 15) is 4.79 Å². The fourth-order valence-corrected chi connectivity index (χ4v) is 5.26. The minimum Gasteiger partial charge on any atom is -0.461 e.